The molecule has 1 aromatic carbocycles. The number of piperazine rings is 1. The molecule has 190 valence electrons. The number of benzene rings is 1. The quantitative estimate of drug-likeness (QED) is 0.447. The minimum Gasteiger partial charge on any atom is -0.348 e. The summed E-state index contributed by atoms with van der Waals surface area (Å²) in [5, 5.41) is 3.38. The summed E-state index contributed by atoms with van der Waals surface area (Å²) in [4.78, 5) is 40.2. The fourth-order valence-corrected chi connectivity index (χ4v) is 5.14. The van der Waals surface area contributed by atoms with Gasteiger partial charge in [0, 0.05) is 38.8 Å². The maximum Gasteiger partial charge on any atom is 0.327 e. The van der Waals surface area contributed by atoms with E-state index >= 15 is 0 Å². The molecule has 9 heteroatoms. The van der Waals surface area contributed by atoms with Crippen molar-refractivity contribution in [3.63, 3.8) is 0 Å². The fraction of sp³-hybridized carbons (Fsp3) is 0.481. The largest absolute Gasteiger partial charge is 0.348 e. The molecule has 1 amide bonds. The molecule has 1 saturated heterocycles. The molecular formula is C27H35N7O2. The second-order valence-corrected chi connectivity index (χ2v) is 9.90. The number of carbonyl (C=O) groups excluding carboxylic acids is 1. The number of carbonyl (C=O) groups is 1. The van der Waals surface area contributed by atoms with E-state index in [1.54, 1.807) is 10.8 Å². The van der Waals surface area contributed by atoms with Gasteiger partial charge < -0.3 is 15.2 Å². The number of aromatic amines is 1. The van der Waals surface area contributed by atoms with Crippen molar-refractivity contribution in [1.29, 1.82) is 0 Å². The molecule has 2 N–H and O–H groups in total. The second kappa shape index (κ2) is 10.3. The van der Waals surface area contributed by atoms with Crippen LogP contribution < -0.4 is 11.0 Å². The number of fused-ring (bicyclic) bond motifs is 1. The Labute approximate surface area is 211 Å². The lowest BCUT2D eigenvalue weighted by Crippen LogP contribution is -2.49. The summed E-state index contributed by atoms with van der Waals surface area (Å²) in [6.45, 7) is 11.5. The Morgan fingerprint density at radius 1 is 1.19 bits per heavy atom. The summed E-state index contributed by atoms with van der Waals surface area (Å²) >= 11 is 0. The third kappa shape index (κ3) is 5.06. The highest BCUT2D eigenvalue weighted by atomic mass is 16.2. The summed E-state index contributed by atoms with van der Waals surface area (Å²) in [7, 11) is 0. The number of aryl methyl sites for hydroxylation is 1. The smallest absolute Gasteiger partial charge is 0.327 e. The average Bonchev–Trinajstić information content (AvgIpc) is 3.67. The maximum atomic E-state index is 12.1. The molecule has 0 bridgehead atoms. The molecule has 3 heterocycles. The molecule has 1 aliphatic heterocycles. The zero-order valence-electron chi connectivity index (χ0n) is 21.1. The second-order valence-electron chi connectivity index (χ2n) is 9.90. The topological polar surface area (TPSA) is 99.2 Å². The number of aromatic nitrogens is 4. The van der Waals surface area contributed by atoms with Crippen LogP contribution in [0.1, 0.15) is 56.3 Å². The van der Waals surface area contributed by atoms with Crippen LogP contribution in [0.4, 0.5) is 5.95 Å². The van der Waals surface area contributed by atoms with Gasteiger partial charge in [-0.2, -0.15) is 4.98 Å². The molecule has 2 atom stereocenters. The number of hydrogen-bond donors (Lipinski definition) is 2. The fourth-order valence-electron chi connectivity index (χ4n) is 5.14. The first-order valence-electron chi connectivity index (χ1n) is 12.9. The van der Waals surface area contributed by atoms with E-state index in [1.807, 2.05) is 11.8 Å². The van der Waals surface area contributed by atoms with Crippen molar-refractivity contribution >= 4 is 23.0 Å². The lowest BCUT2D eigenvalue weighted by Gasteiger charge is -2.39. The van der Waals surface area contributed by atoms with Gasteiger partial charge in [0.25, 0.3) is 0 Å². The van der Waals surface area contributed by atoms with Gasteiger partial charge in [0.05, 0.1) is 12.2 Å². The summed E-state index contributed by atoms with van der Waals surface area (Å²) in [6.07, 6.45) is 6.88. The standard InChI is InChI=1S/C27H35N7O2/c1-4-24(35)33-14-12-32(13-15-33)23(16-19-6-7-19)21-10-8-20(9-11-21)18(3)29-26-28-17-22-25(31-26)34(5-2)27(36)30-22/h4,8-11,17-19,23H,1,5-7,12-16H2,2-3H3,(H,30,36)(H,28,29,31)/t18-,23?/m0/s1. The van der Waals surface area contributed by atoms with Crippen molar-refractivity contribution in [3.8, 4) is 0 Å². The van der Waals surface area contributed by atoms with Gasteiger partial charge in [-0.3, -0.25) is 14.3 Å². The van der Waals surface area contributed by atoms with Crippen LogP contribution in [0.25, 0.3) is 11.2 Å². The molecule has 9 nitrogen and oxygen atoms in total. The number of anilines is 1. The molecule has 3 aromatic rings. The molecule has 0 spiro atoms. The molecule has 2 fully saturated rings. The molecular weight excluding hydrogens is 454 g/mol. The van der Waals surface area contributed by atoms with E-state index in [0.717, 1.165) is 37.7 Å². The van der Waals surface area contributed by atoms with Gasteiger partial charge in [-0.1, -0.05) is 43.7 Å². The Bertz CT molecular complexity index is 1280. The SMILES string of the molecule is C=CC(=O)N1CCN(C(CC2CC2)c2ccc([C@H](C)Nc3ncc4[nH]c(=O)n(CC)c4n3)cc2)CC1. The Kier molecular flexibility index (Phi) is 6.91. The maximum absolute atomic E-state index is 12.1. The Hall–Kier alpha value is -3.46. The molecule has 5 rings (SSSR count). The predicted molar refractivity (Wildman–Crippen MR) is 141 cm³/mol. The molecule has 2 aromatic heterocycles. The summed E-state index contributed by atoms with van der Waals surface area (Å²) < 4.78 is 1.61. The van der Waals surface area contributed by atoms with Crippen LogP contribution in [0.3, 0.4) is 0 Å². The summed E-state index contributed by atoms with van der Waals surface area (Å²) in [5.41, 5.74) is 3.56. The average molecular weight is 490 g/mol. The minimum absolute atomic E-state index is 0.00702. The third-order valence-electron chi connectivity index (χ3n) is 7.49. The third-order valence-corrected chi connectivity index (χ3v) is 7.49. The number of nitrogens with one attached hydrogen (secondary N) is 2. The Morgan fingerprint density at radius 2 is 1.89 bits per heavy atom. The molecule has 1 saturated carbocycles. The lowest BCUT2D eigenvalue weighted by molar-refractivity contribution is -0.128. The number of H-pyrrole nitrogens is 1. The van der Waals surface area contributed by atoms with E-state index in [1.165, 1.54) is 30.9 Å². The van der Waals surface area contributed by atoms with Crippen molar-refractivity contribution in [1.82, 2.24) is 29.3 Å². The van der Waals surface area contributed by atoms with E-state index in [2.05, 4.69) is 62.9 Å². The van der Waals surface area contributed by atoms with Gasteiger partial charge in [0.1, 0.15) is 5.52 Å². The van der Waals surface area contributed by atoms with Crippen molar-refractivity contribution in [2.45, 2.75) is 51.7 Å². The van der Waals surface area contributed by atoms with E-state index in [-0.39, 0.29) is 17.6 Å². The lowest BCUT2D eigenvalue weighted by atomic mass is 9.96. The van der Waals surface area contributed by atoms with Gasteiger partial charge in [0.2, 0.25) is 11.9 Å². The van der Waals surface area contributed by atoms with Crippen molar-refractivity contribution in [2.24, 2.45) is 5.92 Å². The van der Waals surface area contributed by atoms with Crippen LogP contribution in [-0.4, -0.2) is 61.4 Å². The van der Waals surface area contributed by atoms with Gasteiger partial charge in [-0.25, -0.2) is 9.78 Å². The zero-order chi connectivity index (χ0) is 25.2. The number of nitrogens with zero attached hydrogens (tertiary/aromatic N) is 5. The molecule has 36 heavy (non-hydrogen) atoms. The van der Waals surface area contributed by atoms with Gasteiger partial charge in [0.15, 0.2) is 5.65 Å². The van der Waals surface area contributed by atoms with Gasteiger partial charge in [-0.05, 0) is 43.4 Å². The van der Waals surface area contributed by atoms with Crippen LogP contribution in [0.2, 0.25) is 0 Å². The highest BCUT2D eigenvalue weighted by molar-refractivity contribution is 5.87. The van der Waals surface area contributed by atoms with E-state index < -0.39 is 0 Å². The van der Waals surface area contributed by atoms with Crippen molar-refractivity contribution in [2.75, 3.05) is 31.5 Å². The van der Waals surface area contributed by atoms with Gasteiger partial charge in [-0.15, -0.1) is 0 Å². The zero-order valence-corrected chi connectivity index (χ0v) is 21.1. The van der Waals surface area contributed by atoms with Crippen LogP contribution >= 0.6 is 0 Å². The summed E-state index contributed by atoms with van der Waals surface area (Å²) in [6, 6.07) is 9.23. The number of amides is 1. The first-order chi connectivity index (χ1) is 17.5. The first kappa shape index (κ1) is 24.2. The predicted octanol–water partition coefficient (Wildman–Crippen LogP) is 3.48. The highest BCUT2D eigenvalue weighted by Crippen LogP contribution is 2.40. The van der Waals surface area contributed by atoms with Gasteiger partial charge >= 0.3 is 5.69 Å². The minimum atomic E-state index is -0.169. The monoisotopic (exact) mass is 489 g/mol. The molecule has 0 radical (unpaired) electrons. The normalized spacial score (nSPS) is 18.2. The Balaban J connectivity index is 1.28. The number of rotatable bonds is 9. The van der Waals surface area contributed by atoms with Crippen LogP contribution in [-0.2, 0) is 11.3 Å². The van der Waals surface area contributed by atoms with Crippen LogP contribution in [0, 0.1) is 5.92 Å². The van der Waals surface area contributed by atoms with E-state index in [9.17, 15) is 9.59 Å². The van der Waals surface area contributed by atoms with Crippen molar-refractivity contribution < 1.29 is 4.79 Å². The first-order valence-corrected chi connectivity index (χ1v) is 12.9. The molecule has 1 aliphatic carbocycles. The van der Waals surface area contributed by atoms with Crippen molar-refractivity contribution in [3.05, 3.63) is 64.7 Å². The van der Waals surface area contributed by atoms with Crippen LogP contribution in [0.15, 0.2) is 47.9 Å². The van der Waals surface area contributed by atoms with E-state index in [0.29, 0.717) is 29.7 Å². The Morgan fingerprint density at radius 3 is 2.53 bits per heavy atom. The summed E-state index contributed by atoms with van der Waals surface area (Å²) in [5.74, 6) is 1.33. The number of imidazole rings is 1. The van der Waals surface area contributed by atoms with Crippen LogP contribution in [0.5, 0.6) is 0 Å². The molecule has 2 aliphatic rings. The number of hydrogen-bond acceptors (Lipinski definition) is 6. The van der Waals surface area contributed by atoms with E-state index in [4.69, 9.17) is 0 Å². The molecule has 1 unspecified atom stereocenters. The highest BCUT2D eigenvalue weighted by Gasteiger charge is 2.32.